The van der Waals surface area contributed by atoms with Crippen LogP contribution in [0.2, 0.25) is 0 Å². The second-order valence-electron chi connectivity index (χ2n) is 9.11. The summed E-state index contributed by atoms with van der Waals surface area (Å²) in [6, 6.07) is 26.4. The summed E-state index contributed by atoms with van der Waals surface area (Å²) in [6.45, 7) is 3.46. The zero-order valence-electron chi connectivity index (χ0n) is 21.3. The molecule has 0 saturated heterocycles. The van der Waals surface area contributed by atoms with E-state index in [9.17, 15) is 4.39 Å². The van der Waals surface area contributed by atoms with Gasteiger partial charge in [0.25, 0.3) is 0 Å². The number of benzene rings is 3. The van der Waals surface area contributed by atoms with Gasteiger partial charge >= 0.3 is 0 Å². The van der Waals surface area contributed by atoms with Gasteiger partial charge in [-0.15, -0.1) is 0 Å². The van der Waals surface area contributed by atoms with E-state index < -0.39 is 5.82 Å². The van der Waals surface area contributed by atoms with Crippen LogP contribution in [0.5, 0.6) is 5.88 Å². The van der Waals surface area contributed by atoms with Crippen LogP contribution in [-0.2, 0) is 24.3 Å². The average Bonchev–Trinajstić information content (AvgIpc) is 3.27. The number of ether oxygens (including phenoxy) is 2. The molecule has 2 heterocycles. The first-order valence-corrected chi connectivity index (χ1v) is 12.4. The van der Waals surface area contributed by atoms with Crippen molar-refractivity contribution < 1.29 is 13.9 Å². The summed E-state index contributed by atoms with van der Waals surface area (Å²) in [5, 5.41) is 8.91. The van der Waals surface area contributed by atoms with Crippen LogP contribution in [0.4, 0.5) is 4.39 Å². The van der Waals surface area contributed by atoms with Gasteiger partial charge in [0.1, 0.15) is 18.2 Å². The second-order valence-corrected chi connectivity index (χ2v) is 9.11. The maximum absolute atomic E-state index is 14.2. The lowest BCUT2D eigenvalue weighted by Gasteiger charge is -2.10. The Hall–Kier alpha value is -4.54. The van der Waals surface area contributed by atoms with Gasteiger partial charge in [0.2, 0.25) is 5.88 Å². The summed E-state index contributed by atoms with van der Waals surface area (Å²) < 4.78 is 27.5. The number of methoxy groups -OCH3 is 1. The SMILES string of the molecule is COCCn1c(Cc2ccc(-c3cccc(OCc4ccc(C#N)cc4F)n3)cc2)nc2cc(C)ccc21. The second kappa shape index (κ2) is 11.2. The van der Waals surface area contributed by atoms with Crippen molar-refractivity contribution in [1.82, 2.24) is 14.5 Å². The molecule has 5 rings (SSSR count). The summed E-state index contributed by atoms with van der Waals surface area (Å²) in [6.07, 6.45) is 0.699. The molecule has 0 aliphatic carbocycles. The first-order chi connectivity index (χ1) is 18.5. The fourth-order valence-electron chi connectivity index (χ4n) is 4.37. The Labute approximate surface area is 220 Å². The fourth-order valence-corrected chi connectivity index (χ4v) is 4.37. The number of nitrogens with zero attached hydrogens (tertiary/aromatic N) is 4. The lowest BCUT2D eigenvalue weighted by atomic mass is 10.1. The van der Waals surface area contributed by atoms with E-state index in [1.807, 2.05) is 30.3 Å². The molecule has 0 aliphatic rings. The van der Waals surface area contributed by atoms with Crippen molar-refractivity contribution in [2.75, 3.05) is 13.7 Å². The van der Waals surface area contributed by atoms with Gasteiger partial charge in [-0.3, -0.25) is 0 Å². The molecule has 190 valence electrons. The molecule has 2 aromatic heterocycles. The number of nitriles is 1. The van der Waals surface area contributed by atoms with Gasteiger partial charge in [-0.1, -0.05) is 42.5 Å². The van der Waals surface area contributed by atoms with Crippen LogP contribution < -0.4 is 4.74 Å². The fraction of sp³-hybridized carbons (Fsp3) is 0.194. The number of halogens is 1. The van der Waals surface area contributed by atoms with E-state index in [0.717, 1.165) is 40.2 Å². The molecule has 0 aliphatic heterocycles. The van der Waals surface area contributed by atoms with Gasteiger partial charge in [-0.2, -0.15) is 5.26 Å². The van der Waals surface area contributed by atoms with Crippen LogP contribution in [-0.4, -0.2) is 28.3 Å². The minimum absolute atomic E-state index is 0.0243. The molecule has 38 heavy (non-hydrogen) atoms. The van der Waals surface area contributed by atoms with Crippen molar-refractivity contribution in [1.29, 1.82) is 5.26 Å². The Morgan fingerprint density at radius 2 is 1.82 bits per heavy atom. The highest BCUT2D eigenvalue weighted by atomic mass is 19.1. The van der Waals surface area contributed by atoms with Gasteiger partial charge in [-0.05, 0) is 48.4 Å². The number of fused-ring (bicyclic) bond motifs is 1. The molecule has 6 nitrogen and oxygen atoms in total. The number of hydrogen-bond acceptors (Lipinski definition) is 5. The maximum atomic E-state index is 14.2. The van der Waals surface area contributed by atoms with E-state index in [4.69, 9.17) is 19.7 Å². The molecule has 0 spiro atoms. The van der Waals surface area contributed by atoms with E-state index in [1.54, 1.807) is 25.3 Å². The van der Waals surface area contributed by atoms with E-state index >= 15 is 0 Å². The molecular formula is C31H27FN4O2. The number of aryl methyl sites for hydroxylation is 1. The highest BCUT2D eigenvalue weighted by Gasteiger charge is 2.12. The van der Waals surface area contributed by atoms with Crippen LogP contribution in [0.3, 0.4) is 0 Å². The lowest BCUT2D eigenvalue weighted by molar-refractivity contribution is 0.187. The highest BCUT2D eigenvalue weighted by Crippen LogP contribution is 2.24. The lowest BCUT2D eigenvalue weighted by Crippen LogP contribution is -2.09. The Balaban J connectivity index is 1.31. The van der Waals surface area contributed by atoms with Crippen LogP contribution in [0, 0.1) is 24.1 Å². The minimum atomic E-state index is -0.471. The number of imidazole rings is 1. The third-order valence-electron chi connectivity index (χ3n) is 6.40. The summed E-state index contributed by atoms with van der Waals surface area (Å²) >= 11 is 0. The standard InChI is InChI=1S/C31H27FN4O2/c1-21-6-13-29-28(16-21)34-30(36(29)14-15-37-2)18-22-7-10-24(11-8-22)27-4-3-5-31(35-27)38-20-25-12-9-23(19-33)17-26(25)32/h3-13,16-17H,14-15,18,20H2,1-2H3. The summed E-state index contributed by atoms with van der Waals surface area (Å²) in [5.74, 6) is 0.929. The van der Waals surface area contributed by atoms with Gasteiger partial charge in [0.15, 0.2) is 0 Å². The summed E-state index contributed by atoms with van der Waals surface area (Å²) in [5.41, 5.74) is 6.79. The third-order valence-corrected chi connectivity index (χ3v) is 6.40. The number of aromatic nitrogens is 3. The van der Waals surface area contributed by atoms with Crippen LogP contribution in [0.25, 0.3) is 22.3 Å². The molecule has 0 radical (unpaired) electrons. The first kappa shape index (κ1) is 25.1. The first-order valence-electron chi connectivity index (χ1n) is 12.4. The Morgan fingerprint density at radius 1 is 0.974 bits per heavy atom. The normalized spacial score (nSPS) is 11.0. The van der Waals surface area contributed by atoms with Crippen molar-refractivity contribution in [2.45, 2.75) is 26.5 Å². The zero-order chi connectivity index (χ0) is 26.5. The molecule has 0 atom stereocenters. The quantitative estimate of drug-likeness (QED) is 0.237. The molecule has 5 aromatic rings. The molecular weight excluding hydrogens is 479 g/mol. The van der Waals surface area contributed by atoms with Crippen LogP contribution >= 0.6 is 0 Å². The van der Waals surface area contributed by atoms with Gasteiger partial charge in [0, 0.05) is 37.3 Å². The van der Waals surface area contributed by atoms with Crippen molar-refractivity contribution in [3.8, 4) is 23.2 Å². The number of hydrogen-bond donors (Lipinski definition) is 0. The maximum Gasteiger partial charge on any atom is 0.214 e. The van der Waals surface area contributed by atoms with E-state index in [0.29, 0.717) is 24.5 Å². The van der Waals surface area contributed by atoms with E-state index in [1.165, 1.54) is 11.6 Å². The zero-order valence-corrected chi connectivity index (χ0v) is 21.3. The van der Waals surface area contributed by atoms with Gasteiger partial charge in [0.05, 0.1) is 35.0 Å². The topological polar surface area (TPSA) is 73.0 Å². The van der Waals surface area contributed by atoms with E-state index in [-0.39, 0.29) is 12.2 Å². The average molecular weight is 507 g/mol. The minimum Gasteiger partial charge on any atom is -0.473 e. The van der Waals surface area contributed by atoms with Gasteiger partial charge in [-0.25, -0.2) is 14.4 Å². The Kier molecular flexibility index (Phi) is 7.43. The highest BCUT2D eigenvalue weighted by molar-refractivity contribution is 5.77. The monoisotopic (exact) mass is 506 g/mol. The molecule has 7 heteroatoms. The van der Waals surface area contributed by atoms with Crippen molar-refractivity contribution in [3.63, 3.8) is 0 Å². The molecule has 0 fully saturated rings. The molecule has 0 saturated carbocycles. The molecule has 0 amide bonds. The van der Waals surface area contributed by atoms with E-state index in [2.05, 4.69) is 46.8 Å². The van der Waals surface area contributed by atoms with Crippen molar-refractivity contribution in [2.24, 2.45) is 0 Å². The smallest absolute Gasteiger partial charge is 0.214 e. The predicted octanol–water partition coefficient (Wildman–Crippen LogP) is 6.23. The molecule has 0 bridgehead atoms. The molecule has 0 N–H and O–H groups in total. The summed E-state index contributed by atoms with van der Waals surface area (Å²) in [7, 11) is 1.71. The number of pyridine rings is 1. The number of rotatable bonds is 9. The largest absolute Gasteiger partial charge is 0.473 e. The van der Waals surface area contributed by atoms with Crippen molar-refractivity contribution in [3.05, 3.63) is 113 Å². The molecule has 0 unspecified atom stereocenters. The predicted molar refractivity (Wildman–Crippen MR) is 144 cm³/mol. The van der Waals surface area contributed by atoms with Crippen molar-refractivity contribution >= 4 is 11.0 Å². The summed E-state index contributed by atoms with van der Waals surface area (Å²) in [4.78, 5) is 9.50. The molecule has 3 aromatic carbocycles. The Bertz CT molecular complexity index is 1620. The Morgan fingerprint density at radius 3 is 2.58 bits per heavy atom. The van der Waals surface area contributed by atoms with Crippen LogP contribution in [0.1, 0.15) is 28.1 Å². The van der Waals surface area contributed by atoms with Gasteiger partial charge < -0.3 is 14.0 Å². The van der Waals surface area contributed by atoms with Crippen LogP contribution in [0.15, 0.2) is 78.9 Å². The third kappa shape index (κ3) is 5.56.